The lowest BCUT2D eigenvalue weighted by Gasteiger charge is -2.10. The van der Waals surface area contributed by atoms with Crippen LogP contribution in [-0.2, 0) is 0 Å². The van der Waals surface area contributed by atoms with E-state index in [1.54, 1.807) is 19.2 Å². The molecule has 0 radical (unpaired) electrons. The quantitative estimate of drug-likeness (QED) is 0.854. The predicted molar refractivity (Wildman–Crippen MR) is 72.3 cm³/mol. The minimum absolute atomic E-state index is 0.112. The third-order valence-corrected chi connectivity index (χ3v) is 3.54. The fourth-order valence-electron chi connectivity index (χ4n) is 1.44. The number of anilines is 1. The van der Waals surface area contributed by atoms with E-state index in [1.807, 2.05) is 13.0 Å². The summed E-state index contributed by atoms with van der Waals surface area (Å²) in [5, 5.41) is 0. The van der Waals surface area contributed by atoms with Gasteiger partial charge in [-0.3, -0.25) is 0 Å². The van der Waals surface area contributed by atoms with Crippen LogP contribution in [0.25, 0.3) is 0 Å². The van der Waals surface area contributed by atoms with Crippen molar-refractivity contribution in [3.63, 3.8) is 0 Å². The Hall–Kier alpha value is -1.62. The van der Waals surface area contributed by atoms with Gasteiger partial charge in [0.05, 0.1) is 4.47 Å². The molecule has 0 saturated carbocycles. The van der Waals surface area contributed by atoms with Crippen LogP contribution in [0.5, 0.6) is 11.6 Å². The molecular weight excluding hydrogens is 299 g/mol. The van der Waals surface area contributed by atoms with E-state index in [9.17, 15) is 4.39 Å². The van der Waals surface area contributed by atoms with Gasteiger partial charge in [-0.25, -0.2) is 9.37 Å². The van der Waals surface area contributed by atoms with Crippen LogP contribution in [0.3, 0.4) is 0 Å². The van der Waals surface area contributed by atoms with Crippen LogP contribution in [0, 0.1) is 19.7 Å². The summed E-state index contributed by atoms with van der Waals surface area (Å²) < 4.78 is 19.9. The number of halogens is 2. The highest BCUT2D eigenvalue weighted by Crippen LogP contribution is 2.32. The number of nitrogen functional groups attached to an aromatic ring is 1. The SMILES string of the molecule is Cc1cc(Oc2nccc(C)c2Br)c(F)cc1N. The van der Waals surface area contributed by atoms with E-state index in [2.05, 4.69) is 20.9 Å². The third-order valence-electron chi connectivity index (χ3n) is 2.58. The molecule has 2 aromatic rings. The largest absolute Gasteiger partial charge is 0.435 e. The molecule has 1 aromatic heterocycles. The Morgan fingerprint density at radius 3 is 2.72 bits per heavy atom. The van der Waals surface area contributed by atoms with Crippen molar-refractivity contribution in [2.24, 2.45) is 0 Å². The Bertz CT molecular complexity index is 602. The van der Waals surface area contributed by atoms with Crippen LogP contribution in [0.1, 0.15) is 11.1 Å². The van der Waals surface area contributed by atoms with E-state index in [1.165, 1.54) is 6.07 Å². The van der Waals surface area contributed by atoms with Gasteiger partial charge in [-0.2, -0.15) is 0 Å². The molecule has 0 saturated heterocycles. The van der Waals surface area contributed by atoms with Crippen LogP contribution >= 0.6 is 15.9 Å². The Labute approximate surface area is 113 Å². The molecule has 0 unspecified atom stereocenters. The van der Waals surface area contributed by atoms with E-state index in [-0.39, 0.29) is 5.75 Å². The number of hydrogen-bond donors (Lipinski definition) is 1. The summed E-state index contributed by atoms with van der Waals surface area (Å²) in [5.41, 5.74) is 7.74. The average Bonchev–Trinajstić information content (AvgIpc) is 2.32. The fourth-order valence-corrected chi connectivity index (χ4v) is 1.75. The van der Waals surface area contributed by atoms with Gasteiger partial charge in [0.15, 0.2) is 11.6 Å². The van der Waals surface area contributed by atoms with Crippen LogP contribution in [0.2, 0.25) is 0 Å². The van der Waals surface area contributed by atoms with Gasteiger partial charge < -0.3 is 10.5 Å². The predicted octanol–water partition coefficient (Wildman–Crippen LogP) is 3.97. The molecule has 0 aliphatic heterocycles. The highest BCUT2D eigenvalue weighted by molar-refractivity contribution is 9.10. The number of rotatable bonds is 2. The van der Waals surface area contributed by atoms with E-state index < -0.39 is 5.82 Å². The topological polar surface area (TPSA) is 48.1 Å². The van der Waals surface area contributed by atoms with Crippen molar-refractivity contribution in [1.82, 2.24) is 4.98 Å². The smallest absolute Gasteiger partial charge is 0.234 e. The number of ether oxygens (including phenoxy) is 1. The van der Waals surface area contributed by atoms with Gasteiger partial charge in [0.2, 0.25) is 5.88 Å². The molecule has 0 fully saturated rings. The normalized spacial score (nSPS) is 10.4. The minimum Gasteiger partial charge on any atom is -0.435 e. The van der Waals surface area contributed by atoms with Gasteiger partial charge in [0.25, 0.3) is 0 Å². The molecule has 2 N–H and O–H groups in total. The summed E-state index contributed by atoms with van der Waals surface area (Å²) >= 11 is 3.36. The summed E-state index contributed by atoms with van der Waals surface area (Å²) in [4.78, 5) is 4.06. The molecule has 0 bridgehead atoms. The van der Waals surface area contributed by atoms with Gasteiger partial charge in [0, 0.05) is 18.0 Å². The Morgan fingerprint density at radius 2 is 2.00 bits per heavy atom. The molecule has 18 heavy (non-hydrogen) atoms. The first-order chi connectivity index (χ1) is 8.49. The molecule has 0 aliphatic carbocycles. The van der Waals surface area contributed by atoms with Crippen molar-refractivity contribution in [2.75, 3.05) is 5.73 Å². The first kappa shape index (κ1) is 12.8. The maximum atomic E-state index is 13.7. The van der Waals surface area contributed by atoms with E-state index in [0.29, 0.717) is 16.0 Å². The first-order valence-corrected chi connectivity index (χ1v) is 6.13. The average molecular weight is 311 g/mol. The Morgan fingerprint density at radius 1 is 1.28 bits per heavy atom. The van der Waals surface area contributed by atoms with Crippen molar-refractivity contribution in [2.45, 2.75) is 13.8 Å². The second kappa shape index (κ2) is 4.94. The van der Waals surface area contributed by atoms with Crippen LogP contribution in [0.15, 0.2) is 28.9 Å². The van der Waals surface area contributed by atoms with Crippen LogP contribution in [-0.4, -0.2) is 4.98 Å². The van der Waals surface area contributed by atoms with Crippen molar-refractivity contribution >= 4 is 21.6 Å². The third kappa shape index (κ3) is 2.46. The van der Waals surface area contributed by atoms with Gasteiger partial charge >= 0.3 is 0 Å². The molecule has 0 spiro atoms. The molecule has 3 nitrogen and oxygen atoms in total. The van der Waals surface area contributed by atoms with E-state index in [4.69, 9.17) is 10.5 Å². The highest BCUT2D eigenvalue weighted by Gasteiger charge is 2.11. The van der Waals surface area contributed by atoms with E-state index in [0.717, 1.165) is 11.1 Å². The minimum atomic E-state index is -0.506. The summed E-state index contributed by atoms with van der Waals surface area (Å²) in [5.74, 6) is -0.0631. The molecule has 1 aromatic carbocycles. The second-order valence-electron chi connectivity index (χ2n) is 3.99. The number of hydrogen-bond acceptors (Lipinski definition) is 3. The zero-order chi connectivity index (χ0) is 13.3. The van der Waals surface area contributed by atoms with Gasteiger partial charge in [-0.15, -0.1) is 0 Å². The zero-order valence-electron chi connectivity index (χ0n) is 10.00. The van der Waals surface area contributed by atoms with Crippen LogP contribution < -0.4 is 10.5 Å². The summed E-state index contributed by atoms with van der Waals surface area (Å²) in [7, 11) is 0. The Balaban J connectivity index is 2.40. The number of nitrogens with two attached hydrogens (primary N) is 1. The van der Waals surface area contributed by atoms with Crippen LogP contribution in [0.4, 0.5) is 10.1 Å². The Kier molecular flexibility index (Phi) is 3.52. The first-order valence-electron chi connectivity index (χ1n) is 5.33. The van der Waals surface area contributed by atoms with Crippen molar-refractivity contribution in [1.29, 1.82) is 0 Å². The fraction of sp³-hybridized carbons (Fsp3) is 0.154. The van der Waals surface area contributed by atoms with Gasteiger partial charge in [0.1, 0.15) is 0 Å². The second-order valence-corrected chi connectivity index (χ2v) is 4.78. The van der Waals surface area contributed by atoms with Crippen molar-refractivity contribution in [3.05, 3.63) is 45.8 Å². The number of benzene rings is 1. The molecule has 1 heterocycles. The molecule has 0 aliphatic rings. The number of aromatic nitrogens is 1. The highest BCUT2D eigenvalue weighted by atomic mass is 79.9. The maximum absolute atomic E-state index is 13.7. The summed E-state index contributed by atoms with van der Waals surface area (Å²) in [6, 6.07) is 4.64. The van der Waals surface area contributed by atoms with Crippen molar-refractivity contribution < 1.29 is 9.13 Å². The van der Waals surface area contributed by atoms with E-state index >= 15 is 0 Å². The summed E-state index contributed by atoms with van der Waals surface area (Å²) in [6.07, 6.45) is 1.61. The lowest BCUT2D eigenvalue weighted by atomic mass is 10.2. The standard InChI is InChI=1S/C13H12BrFN2O/c1-7-3-4-17-13(12(7)14)18-11-5-8(2)10(16)6-9(11)15/h3-6H,16H2,1-2H3. The lowest BCUT2D eigenvalue weighted by molar-refractivity contribution is 0.424. The number of aryl methyl sites for hydroxylation is 2. The molecule has 0 atom stereocenters. The molecule has 2 rings (SSSR count). The van der Waals surface area contributed by atoms with Crippen molar-refractivity contribution in [3.8, 4) is 11.6 Å². The lowest BCUT2D eigenvalue weighted by Crippen LogP contribution is -1.97. The van der Waals surface area contributed by atoms with Gasteiger partial charge in [-0.05, 0) is 53.0 Å². The zero-order valence-corrected chi connectivity index (χ0v) is 11.6. The monoisotopic (exact) mass is 310 g/mol. The maximum Gasteiger partial charge on any atom is 0.234 e. The number of nitrogens with zero attached hydrogens (tertiary/aromatic N) is 1. The molecule has 0 amide bonds. The summed E-state index contributed by atoms with van der Waals surface area (Å²) in [6.45, 7) is 3.70. The molecule has 5 heteroatoms. The van der Waals surface area contributed by atoms with Gasteiger partial charge in [-0.1, -0.05) is 0 Å². The molecule has 94 valence electrons. The molecular formula is C13H12BrFN2O. The number of pyridine rings is 1.